The van der Waals surface area contributed by atoms with Crippen LogP contribution >= 0.6 is 0 Å². The first-order chi connectivity index (χ1) is 16.2. The molecule has 0 saturated carbocycles. The van der Waals surface area contributed by atoms with Crippen molar-refractivity contribution in [3.63, 3.8) is 0 Å². The van der Waals surface area contributed by atoms with E-state index in [9.17, 15) is 4.79 Å². The minimum absolute atomic E-state index is 0.0741. The third-order valence-electron chi connectivity index (χ3n) is 6.45. The first-order valence-corrected chi connectivity index (χ1v) is 11.6. The average molecular weight is 433 g/mol. The molecule has 2 atom stereocenters. The third kappa shape index (κ3) is 4.14. The lowest BCUT2D eigenvalue weighted by atomic mass is 10.0. The van der Waals surface area contributed by atoms with Gasteiger partial charge in [0.25, 0.3) is 5.91 Å². The highest BCUT2D eigenvalue weighted by atomic mass is 16.2. The van der Waals surface area contributed by atoms with Crippen LogP contribution < -0.4 is 4.90 Å². The average Bonchev–Trinajstić information content (AvgIpc) is 3.17. The molecule has 0 saturated heterocycles. The van der Waals surface area contributed by atoms with Gasteiger partial charge in [0.05, 0.1) is 0 Å². The molecule has 1 aliphatic rings. The molecule has 5 rings (SSSR count). The molecule has 0 aliphatic carbocycles. The molecule has 0 spiro atoms. The largest absolute Gasteiger partial charge is 0.316 e. The number of amides is 1. The maximum atomic E-state index is 13.7. The molecule has 164 valence electrons. The lowest BCUT2D eigenvalue weighted by molar-refractivity contribution is 0.0640. The summed E-state index contributed by atoms with van der Waals surface area (Å²) in [5, 5.41) is 0. The van der Waals surface area contributed by atoms with E-state index in [1.54, 1.807) is 0 Å². The Kier molecular flexibility index (Phi) is 5.95. The van der Waals surface area contributed by atoms with Crippen LogP contribution in [0.5, 0.6) is 0 Å². The maximum absolute atomic E-state index is 13.7. The predicted molar refractivity (Wildman–Crippen MR) is 135 cm³/mol. The molecule has 1 amide bonds. The number of anilines is 2. The van der Waals surface area contributed by atoms with Gasteiger partial charge in [-0.05, 0) is 55.7 Å². The molecule has 0 bridgehead atoms. The van der Waals surface area contributed by atoms with Gasteiger partial charge in [-0.2, -0.15) is 0 Å². The molecular formula is C30H28N2O. The van der Waals surface area contributed by atoms with Crippen LogP contribution in [-0.4, -0.2) is 16.8 Å². The van der Waals surface area contributed by atoms with Crippen molar-refractivity contribution in [2.45, 2.75) is 32.0 Å². The second kappa shape index (κ2) is 9.33. The Hall–Kier alpha value is -3.85. The fourth-order valence-electron chi connectivity index (χ4n) is 4.79. The Balaban J connectivity index is 1.57. The Morgan fingerprint density at radius 3 is 1.85 bits per heavy atom. The Morgan fingerprint density at radius 1 is 0.727 bits per heavy atom. The van der Waals surface area contributed by atoms with Crippen molar-refractivity contribution in [1.82, 2.24) is 4.90 Å². The summed E-state index contributed by atoms with van der Waals surface area (Å²) < 4.78 is 0. The van der Waals surface area contributed by atoms with Gasteiger partial charge in [-0.15, -0.1) is 0 Å². The number of aryl methyl sites for hydroxylation is 1. The van der Waals surface area contributed by atoms with Gasteiger partial charge in [-0.3, -0.25) is 4.79 Å². The fourth-order valence-corrected chi connectivity index (χ4v) is 4.79. The van der Waals surface area contributed by atoms with Gasteiger partial charge in [0.15, 0.2) is 0 Å². The van der Waals surface area contributed by atoms with Crippen molar-refractivity contribution in [2.24, 2.45) is 0 Å². The zero-order valence-corrected chi connectivity index (χ0v) is 18.8. The molecule has 0 N–H and O–H groups in total. The molecule has 1 aliphatic heterocycles. The number of para-hydroxylation sites is 2. The first-order valence-electron chi connectivity index (χ1n) is 11.6. The van der Waals surface area contributed by atoms with Crippen LogP contribution in [-0.2, 0) is 6.42 Å². The standard InChI is InChI=1S/C30H28N2O/c1-23(21-22-24-13-5-2-6-14-24)31-29(27-19-11-12-20-28(27)30(31)33)32(25-15-7-3-8-16-25)26-17-9-4-10-18-26/h2-20,23,29H,21-22H2,1H3. The monoisotopic (exact) mass is 432 g/mol. The number of fused-ring (bicyclic) bond motifs is 1. The molecule has 4 aromatic rings. The minimum Gasteiger partial charge on any atom is -0.316 e. The summed E-state index contributed by atoms with van der Waals surface area (Å²) in [4.78, 5) is 18.1. The summed E-state index contributed by atoms with van der Waals surface area (Å²) in [5.74, 6) is 0.105. The van der Waals surface area contributed by atoms with Crippen LogP contribution in [0.2, 0.25) is 0 Å². The number of rotatable bonds is 7. The van der Waals surface area contributed by atoms with Gasteiger partial charge in [-0.1, -0.05) is 84.9 Å². The van der Waals surface area contributed by atoms with Crippen LogP contribution in [0.25, 0.3) is 0 Å². The number of nitrogens with zero attached hydrogens (tertiary/aromatic N) is 2. The summed E-state index contributed by atoms with van der Waals surface area (Å²) in [6.07, 6.45) is 1.63. The number of carbonyl (C=O) groups is 1. The highest BCUT2D eigenvalue weighted by Gasteiger charge is 2.42. The summed E-state index contributed by atoms with van der Waals surface area (Å²) >= 11 is 0. The molecule has 1 heterocycles. The minimum atomic E-state index is -0.204. The molecular weight excluding hydrogens is 404 g/mol. The van der Waals surface area contributed by atoms with E-state index in [4.69, 9.17) is 0 Å². The Labute approximate surface area is 195 Å². The molecule has 0 fully saturated rings. The number of carbonyl (C=O) groups excluding carboxylic acids is 1. The fraction of sp³-hybridized carbons (Fsp3) is 0.167. The van der Waals surface area contributed by atoms with Crippen molar-refractivity contribution in [3.05, 3.63) is 132 Å². The molecule has 0 aromatic heterocycles. The zero-order chi connectivity index (χ0) is 22.6. The first kappa shape index (κ1) is 21.0. The van der Waals surface area contributed by atoms with Gasteiger partial charge >= 0.3 is 0 Å². The van der Waals surface area contributed by atoms with E-state index >= 15 is 0 Å². The highest BCUT2D eigenvalue weighted by Crippen LogP contribution is 2.44. The summed E-state index contributed by atoms with van der Waals surface area (Å²) in [7, 11) is 0. The van der Waals surface area contributed by atoms with Crippen LogP contribution in [0.15, 0.2) is 115 Å². The van der Waals surface area contributed by atoms with E-state index in [0.717, 1.165) is 35.3 Å². The van der Waals surface area contributed by atoms with Crippen molar-refractivity contribution < 1.29 is 4.79 Å². The van der Waals surface area contributed by atoms with Gasteiger partial charge in [0.2, 0.25) is 0 Å². The van der Waals surface area contributed by atoms with E-state index in [-0.39, 0.29) is 18.1 Å². The van der Waals surface area contributed by atoms with Crippen LogP contribution in [0.3, 0.4) is 0 Å². The Morgan fingerprint density at radius 2 is 1.24 bits per heavy atom. The second-order valence-electron chi connectivity index (χ2n) is 8.59. The van der Waals surface area contributed by atoms with Gasteiger partial charge in [-0.25, -0.2) is 0 Å². The SMILES string of the molecule is CC(CCc1ccccc1)N1C(=O)c2ccccc2C1N(c1ccccc1)c1ccccc1. The highest BCUT2D eigenvalue weighted by molar-refractivity contribution is 6.00. The van der Waals surface area contributed by atoms with E-state index in [1.165, 1.54) is 5.56 Å². The predicted octanol–water partition coefficient (Wildman–Crippen LogP) is 7.00. The van der Waals surface area contributed by atoms with Crippen molar-refractivity contribution in [2.75, 3.05) is 4.90 Å². The zero-order valence-electron chi connectivity index (χ0n) is 18.8. The Bertz CT molecular complexity index is 1170. The lowest BCUT2D eigenvalue weighted by Gasteiger charge is -2.40. The number of hydrogen-bond acceptors (Lipinski definition) is 2. The smallest absolute Gasteiger partial charge is 0.256 e. The molecule has 4 aromatic carbocycles. The molecule has 2 unspecified atom stereocenters. The van der Waals surface area contributed by atoms with E-state index in [2.05, 4.69) is 95.6 Å². The van der Waals surface area contributed by atoms with Gasteiger partial charge < -0.3 is 9.80 Å². The molecule has 3 heteroatoms. The van der Waals surface area contributed by atoms with Crippen LogP contribution in [0.1, 0.15) is 41.0 Å². The maximum Gasteiger partial charge on any atom is 0.256 e. The summed E-state index contributed by atoms with van der Waals surface area (Å²) in [6.45, 7) is 2.17. The second-order valence-corrected chi connectivity index (χ2v) is 8.59. The molecule has 33 heavy (non-hydrogen) atoms. The van der Waals surface area contributed by atoms with E-state index < -0.39 is 0 Å². The number of benzene rings is 4. The van der Waals surface area contributed by atoms with Gasteiger partial charge in [0, 0.05) is 28.5 Å². The van der Waals surface area contributed by atoms with Crippen molar-refractivity contribution in [3.8, 4) is 0 Å². The normalized spacial score (nSPS) is 15.8. The van der Waals surface area contributed by atoms with E-state index in [1.807, 2.05) is 36.4 Å². The molecule has 3 nitrogen and oxygen atoms in total. The summed E-state index contributed by atoms with van der Waals surface area (Å²) in [5.41, 5.74) is 5.29. The van der Waals surface area contributed by atoms with E-state index in [0.29, 0.717) is 0 Å². The number of hydrogen-bond donors (Lipinski definition) is 0. The summed E-state index contributed by atoms with van der Waals surface area (Å²) in [6, 6.07) is 39.4. The van der Waals surface area contributed by atoms with Crippen LogP contribution in [0, 0.1) is 0 Å². The lowest BCUT2D eigenvalue weighted by Crippen LogP contribution is -2.43. The third-order valence-corrected chi connectivity index (χ3v) is 6.45. The van der Waals surface area contributed by atoms with Crippen LogP contribution in [0.4, 0.5) is 11.4 Å². The quantitative estimate of drug-likeness (QED) is 0.314. The van der Waals surface area contributed by atoms with Gasteiger partial charge in [0.1, 0.15) is 6.17 Å². The van der Waals surface area contributed by atoms with Crippen molar-refractivity contribution >= 4 is 17.3 Å². The van der Waals surface area contributed by atoms with Crippen molar-refractivity contribution in [1.29, 1.82) is 0 Å². The topological polar surface area (TPSA) is 23.6 Å². The molecule has 0 radical (unpaired) electrons.